The van der Waals surface area contributed by atoms with Gasteiger partial charge < -0.3 is 14.8 Å². The Bertz CT molecular complexity index is 446. The van der Waals surface area contributed by atoms with Gasteiger partial charge >= 0.3 is 0 Å². The Hall–Kier alpha value is -1.55. The van der Waals surface area contributed by atoms with Crippen LogP contribution in [0.25, 0.3) is 0 Å². The van der Waals surface area contributed by atoms with Crippen molar-refractivity contribution in [3.8, 4) is 0 Å². The number of hydrogen-bond acceptors (Lipinski definition) is 3. The molecular formula is C15H21NO3. The molecule has 1 aromatic rings. The molecule has 1 heterocycles. The van der Waals surface area contributed by atoms with Crippen LogP contribution in [0.5, 0.6) is 0 Å². The van der Waals surface area contributed by atoms with Gasteiger partial charge in [0.2, 0.25) is 5.91 Å². The summed E-state index contributed by atoms with van der Waals surface area (Å²) < 4.78 is 5.13. The molecule has 1 fully saturated rings. The largest absolute Gasteiger partial charge is 0.467 e. The number of carbonyl (C=O) groups excluding carboxylic acids is 1. The Balaban J connectivity index is 1.78. The van der Waals surface area contributed by atoms with Crippen molar-refractivity contribution in [2.24, 2.45) is 5.92 Å². The molecule has 1 aromatic heterocycles. The molecule has 1 aliphatic rings. The summed E-state index contributed by atoms with van der Waals surface area (Å²) in [4.78, 5) is 11.8. The normalized spacial score (nSPS) is 19.0. The van der Waals surface area contributed by atoms with Crippen LogP contribution in [0.15, 0.2) is 34.5 Å². The van der Waals surface area contributed by atoms with Crippen LogP contribution in [0.4, 0.5) is 0 Å². The van der Waals surface area contributed by atoms with E-state index in [4.69, 9.17) is 4.42 Å². The summed E-state index contributed by atoms with van der Waals surface area (Å²) >= 11 is 0. The molecule has 2 rings (SSSR count). The standard InChI is InChI=1S/C15H21NO3/c1-10(12-5-6-12)8-15(18)16-11(2)9-13(17)14-4-3-7-19-14/h3-4,7-8,11-13,17H,5-6,9H2,1-2H3,(H,16,18)/b10-8+. The van der Waals surface area contributed by atoms with Gasteiger partial charge in [-0.15, -0.1) is 0 Å². The second-order valence-electron chi connectivity index (χ2n) is 5.34. The van der Waals surface area contributed by atoms with Gasteiger partial charge in [-0.1, -0.05) is 5.57 Å². The summed E-state index contributed by atoms with van der Waals surface area (Å²) in [5.41, 5.74) is 1.15. The summed E-state index contributed by atoms with van der Waals surface area (Å²) in [5.74, 6) is 1.06. The predicted molar refractivity (Wildman–Crippen MR) is 72.4 cm³/mol. The van der Waals surface area contributed by atoms with Crippen LogP contribution in [-0.2, 0) is 4.79 Å². The lowest BCUT2D eigenvalue weighted by atomic mass is 10.1. The van der Waals surface area contributed by atoms with Crippen molar-refractivity contribution in [3.05, 3.63) is 35.8 Å². The monoisotopic (exact) mass is 263 g/mol. The third-order valence-corrected chi connectivity index (χ3v) is 3.42. The van der Waals surface area contributed by atoms with Crippen molar-refractivity contribution >= 4 is 5.91 Å². The smallest absolute Gasteiger partial charge is 0.244 e. The van der Waals surface area contributed by atoms with Crippen LogP contribution in [0, 0.1) is 5.92 Å². The van der Waals surface area contributed by atoms with Gasteiger partial charge in [-0.05, 0) is 44.7 Å². The fourth-order valence-corrected chi connectivity index (χ4v) is 2.14. The molecule has 0 saturated heterocycles. The maximum atomic E-state index is 11.8. The van der Waals surface area contributed by atoms with E-state index in [2.05, 4.69) is 5.32 Å². The highest BCUT2D eigenvalue weighted by atomic mass is 16.4. The number of amides is 1. The van der Waals surface area contributed by atoms with Gasteiger partial charge in [0.25, 0.3) is 0 Å². The second kappa shape index (κ2) is 6.06. The first kappa shape index (κ1) is 13.9. The summed E-state index contributed by atoms with van der Waals surface area (Å²) in [7, 11) is 0. The highest BCUT2D eigenvalue weighted by Crippen LogP contribution is 2.35. The van der Waals surface area contributed by atoms with Gasteiger partial charge in [0.05, 0.1) is 6.26 Å². The molecule has 4 nitrogen and oxygen atoms in total. The summed E-state index contributed by atoms with van der Waals surface area (Å²) in [6.45, 7) is 3.88. The Kier molecular flexibility index (Phi) is 4.43. The second-order valence-corrected chi connectivity index (χ2v) is 5.34. The van der Waals surface area contributed by atoms with Crippen molar-refractivity contribution < 1.29 is 14.3 Å². The molecule has 0 spiro atoms. The predicted octanol–water partition coefficient (Wildman–Crippen LogP) is 2.56. The van der Waals surface area contributed by atoms with Gasteiger partial charge in [-0.3, -0.25) is 4.79 Å². The van der Waals surface area contributed by atoms with Crippen LogP contribution in [0.2, 0.25) is 0 Å². The van der Waals surface area contributed by atoms with Gasteiger partial charge in [0.15, 0.2) is 0 Å². The highest BCUT2D eigenvalue weighted by molar-refractivity contribution is 5.88. The Labute approximate surface area is 113 Å². The zero-order valence-electron chi connectivity index (χ0n) is 11.4. The number of rotatable bonds is 6. The first-order valence-electron chi connectivity index (χ1n) is 6.76. The lowest BCUT2D eigenvalue weighted by Crippen LogP contribution is -2.32. The molecule has 1 saturated carbocycles. The average molecular weight is 263 g/mol. The number of aliphatic hydroxyl groups is 1. The number of furan rings is 1. The van der Waals surface area contributed by atoms with E-state index < -0.39 is 6.10 Å². The Morgan fingerprint density at radius 2 is 2.37 bits per heavy atom. The third kappa shape index (κ3) is 4.24. The van der Waals surface area contributed by atoms with E-state index in [0.29, 0.717) is 18.1 Å². The summed E-state index contributed by atoms with van der Waals surface area (Å²) in [6.07, 6.45) is 5.36. The van der Waals surface area contributed by atoms with E-state index in [-0.39, 0.29) is 11.9 Å². The fraction of sp³-hybridized carbons (Fsp3) is 0.533. The van der Waals surface area contributed by atoms with E-state index in [1.807, 2.05) is 13.8 Å². The lowest BCUT2D eigenvalue weighted by Gasteiger charge is -2.16. The molecule has 0 bridgehead atoms. The molecular weight excluding hydrogens is 242 g/mol. The van der Waals surface area contributed by atoms with Gasteiger partial charge in [-0.25, -0.2) is 0 Å². The van der Waals surface area contributed by atoms with Gasteiger partial charge in [-0.2, -0.15) is 0 Å². The van der Waals surface area contributed by atoms with E-state index in [1.165, 1.54) is 19.1 Å². The van der Waals surface area contributed by atoms with Gasteiger partial charge in [0.1, 0.15) is 11.9 Å². The van der Waals surface area contributed by atoms with Gasteiger partial charge in [0, 0.05) is 18.5 Å². The Morgan fingerprint density at radius 1 is 1.63 bits per heavy atom. The SMILES string of the molecule is C/C(=C\C(=O)NC(C)CC(O)c1ccco1)C1CC1. The first-order chi connectivity index (χ1) is 9.06. The van der Waals surface area contributed by atoms with E-state index in [9.17, 15) is 9.90 Å². The molecule has 2 atom stereocenters. The molecule has 19 heavy (non-hydrogen) atoms. The molecule has 0 aromatic carbocycles. The number of nitrogens with one attached hydrogen (secondary N) is 1. The van der Waals surface area contributed by atoms with Crippen molar-refractivity contribution in [3.63, 3.8) is 0 Å². The third-order valence-electron chi connectivity index (χ3n) is 3.42. The van der Waals surface area contributed by atoms with Crippen LogP contribution in [0.3, 0.4) is 0 Å². The molecule has 0 aliphatic heterocycles. The molecule has 1 amide bonds. The topological polar surface area (TPSA) is 62.5 Å². The van der Waals surface area contributed by atoms with Crippen molar-refractivity contribution in [1.29, 1.82) is 0 Å². The van der Waals surface area contributed by atoms with Crippen LogP contribution in [0.1, 0.15) is 45.0 Å². The minimum atomic E-state index is -0.682. The maximum Gasteiger partial charge on any atom is 0.244 e. The summed E-state index contributed by atoms with van der Waals surface area (Å²) in [6, 6.07) is 3.37. The molecule has 2 N–H and O–H groups in total. The number of allylic oxidation sites excluding steroid dienone is 1. The molecule has 0 radical (unpaired) electrons. The van der Waals surface area contributed by atoms with E-state index in [0.717, 1.165) is 5.57 Å². The fourth-order valence-electron chi connectivity index (χ4n) is 2.14. The van der Waals surface area contributed by atoms with Crippen molar-refractivity contribution in [2.45, 2.75) is 45.3 Å². The van der Waals surface area contributed by atoms with Crippen LogP contribution >= 0.6 is 0 Å². The zero-order valence-corrected chi connectivity index (χ0v) is 11.4. The molecule has 104 valence electrons. The Morgan fingerprint density at radius 3 is 2.95 bits per heavy atom. The lowest BCUT2D eigenvalue weighted by molar-refractivity contribution is -0.117. The van der Waals surface area contributed by atoms with E-state index >= 15 is 0 Å². The minimum absolute atomic E-state index is 0.0801. The van der Waals surface area contributed by atoms with Crippen LogP contribution < -0.4 is 5.32 Å². The highest BCUT2D eigenvalue weighted by Gasteiger charge is 2.23. The number of carbonyl (C=O) groups is 1. The van der Waals surface area contributed by atoms with Crippen LogP contribution in [-0.4, -0.2) is 17.1 Å². The first-order valence-corrected chi connectivity index (χ1v) is 6.76. The van der Waals surface area contributed by atoms with Crippen molar-refractivity contribution in [1.82, 2.24) is 5.32 Å². The number of aliphatic hydroxyl groups excluding tert-OH is 1. The average Bonchev–Trinajstić information content (AvgIpc) is 3.04. The number of hydrogen-bond donors (Lipinski definition) is 2. The van der Waals surface area contributed by atoms with E-state index in [1.54, 1.807) is 18.2 Å². The molecule has 1 aliphatic carbocycles. The maximum absolute atomic E-state index is 11.8. The quantitative estimate of drug-likeness (QED) is 0.775. The minimum Gasteiger partial charge on any atom is -0.467 e. The summed E-state index contributed by atoms with van der Waals surface area (Å²) in [5, 5.41) is 12.8. The van der Waals surface area contributed by atoms with Crippen molar-refractivity contribution in [2.75, 3.05) is 0 Å². The molecule has 4 heteroatoms. The zero-order chi connectivity index (χ0) is 13.8. The molecule has 2 unspecified atom stereocenters.